The summed E-state index contributed by atoms with van der Waals surface area (Å²) in [6.45, 7) is 0.158. The summed E-state index contributed by atoms with van der Waals surface area (Å²) >= 11 is 8.06. The van der Waals surface area contributed by atoms with Crippen molar-refractivity contribution in [2.45, 2.75) is 67.3 Å². The second kappa shape index (κ2) is 10.6. The molecule has 3 heterocycles. The highest BCUT2D eigenvalue weighted by Crippen LogP contribution is 2.55. The molecule has 5 atom stereocenters. The molecule has 7 nitrogen and oxygen atoms in total. The highest BCUT2D eigenvalue weighted by atomic mass is 35.5. The Balaban J connectivity index is 1.33. The van der Waals surface area contributed by atoms with Gasteiger partial charge < -0.3 is 20.3 Å². The number of carbonyl (C=O) groups is 3. The zero-order valence-electron chi connectivity index (χ0n) is 21.8. The van der Waals surface area contributed by atoms with E-state index in [1.165, 1.54) is 6.42 Å². The van der Waals surface area contributed by atoms with Gasteiger partial charge in [0.25, 0.3) is 0 Å². The van der Waals surface area contributed by atoms with Gasteiger partial charge in [0, 0.05) is 28.2 Å². The number of fused-ring (bicyclic) bond motifs is 1. The maximum absolute atomic E-state index is 14.2. The average Bonchev–Trinajstić information content (AvgIpc) is 3.58. The Kier molecular flexibility index (Phi) is 7.20. The molecule has 39 heavy (non-hydrogen) atoms. The smallest absolute Gasteiger partial charge is 0.246 e. The highest BCUT2D eigenvalue weighted by molar-refractivity contribution is 7.98. The second-order valence-corrected chi connectivity index (χ2v) is 12.1. The highest BCUT2D eigenvalue weighted by Gasteiger charge is 2.72. The number of hydrogen-bond acceptors (Lipinski definition) is 5. The fourth-order valence-electron chi connectivity index (χ4n) is 6.70. The molecule has 1 spiro atoms. The van der Waals surface area contributed by atoms with E-state index in [4.69, 9.17) is 16.3 Å². The number of amides is 3. The molecular weight excluding hydrogens is 534 g/mol. The zero-order chi connectivity index (χ0) is 27.1. The molecule has 3 aliphatic heterocycles. The van der Waals surface area contributed by atoms with Crippen LogP contribution in [0.5, 0.6) is 0 Å². The normalized spacial score (nSPS) is 29.5. The summed E-state index contributed by atoms with van der Waals surface area (Å²) in [5.74, 6) is -2.33. The van der Waals surface area contributed by atoms with E-state index in [-0.39, 0.29) is 30.3 Å². The quantitative estimate of drug-likeness (QED) is 0.372. The van der Waals surface area contributed by atoms with Crippen molar-refractivity contribution >= 4 is 46.8 Å². The number of rotatable bonds is 7. The molecule has 204 valence electrons. The maximum Gasteiger partial charge on any atom is 0.246 e. The third-order valence-corrected chi connectivity index (χ3v) is 9.61. The molecule has 4 aliphatic rings. The lowest BCUT2D eigenvalue weighted by atomic mass is 9.74. The number of benzene rings is 2. The predicted octanol–water partition coefficient (Wildman–Crippen LogP) is 4.80. The lowest BCUT2D eigenvalue weighted by molar-refractivity contribution is -0.142. The first-order chi connectivity index (χ1) is 18.9. The maximum atomic E-state index is 14.2. The number of likely N-dealkylation sites (tertiary alicyclic amines) is 1. The van der Waals surface area contributed by atoms with Gasteiger partial charge in [0.05, 0.1) is 17.9 Å². The summed E-state index contributed by atoms with van der Waals surface area (Å²) in [6.07, 6.45) is 10.2. The van der Waals surface area contributed by atoms with Gasteiger partial charge in [-0.15, -0.1) is 11.8 Å². The van der Waals surface area contributed by atoms with Crippen LogP contribution in [0.1, 0.15) is 37.7 Å². The molecule has 2 N–H and O–H groups in total. The Morgan fingerprint density at radius 1 is 1.10 bits per heavy atom. The molecule has 2 aromatic carbocycles. The van der Waals surface area contributed by atoms with Gasteiger partial charge in [-0.3, -0.25) is 14.4 Å². The number of halogens is 1. The van der Waals surface area contributed by atoms with E-state index in [9.17, 15) is 14.4 Å². The van der Waals surface area contributed by atoms with Gasteiger partial charge in [-0.2, -0.15) is 0 Å². The van der Waals surface area contributed by atoms with Crippen molar-refractivity contribution in [2.75, 3.05) is 11.6 Å². The number of carbonyl (C=O) groups excluding carboxylic acids is 3. The molecule has 3 amide bonds. The topological polar surface area (TPSA) is 87.7 Å². The Labute approximate surface area is 237 Å². The summed E-state index contributed by atoms with van der Waals surface area (Å²) in [7, 11) is 0. The number of nitrogens with zero attached hydrogens (tertiary/aromatic N) is 1. The minimum absolute atomic E-state index is 0.0735. The molecule has 2 saturated heterocycles. The summed E-state index contributed by atoms with van der Waals surface area (Å²) in [4.78, 5) is 44.4. The Morgan fingerprint density at radius 3 is 2.67 bits per heavy atom. The molecular formula is C30H32ClN3O4S. The van der Waals surface area contributed by atoms with Gasteiger partial charge in [-0.25, -0.2) is 0 Å². The van der Waals surface area contributed by atoms with Crippen molar-refractivity contribution in [1.82, 2.24) is 10.2 Å². The zero-order valence-corrected chi connectivity index (χ0v) is 23.3. The van der Waals surface area contributed by atoms with Gasteiger partial charge in [0.1, 0.15) is 11.6 Å². The van der Waals surface area contributed by atoms with Crippen LogP contribution in [0.3, 0.4) is 0 Å². The fraction of sp³-hybridized carbons (Fsp3) is 0.433. The molecule has 6 rings (SSSR count). The van der Waals surface area contributed by atoms with Gasteiger partial charge in [0.2, 0.25) is 17.7 Å². The first-order valence-corrected chi connectivity index (χ1v) is 15.2. The van der Waals surface area contributed by atoms with Crippen LogP contribution >= 0.6 is 23.4 Å². The van der Waals surface area contributed by atoms with Crippen molar-refractivity contribution in [3.05, 3.63) is 71.3 Å². The number of anilines is 1. The minimum Gasteiger partial charge on any atom is -0.359 e. The van der Waals surface area contributed by atoms with Crippen LogP contribution in [0, 0.1) is 11.8 Å². The third-order valence-electron chi connectivity index (χ3n) is 8.51. The lowest BCUT2D eigenvalue weighted by Gasteiger charge is -2.34. The van der Waals surface area contributed by atoms with Crippen molar-refractivity contribution in [3.8, 4) is 0 Å². The SMILES string of the molecule is CSc1cccc(NC(=O)[C@@H]2[C@H]3C=C[C@@]4(O3)[C@H]2C(=O)N(Cc2ccccc2Cl)[C@@H]4C(=O)NC2CCCCC2)c1. The van der Waals surface area contributed by atoms with E-state index in [1.807, 2.05) is 60.9 Å². The van der Waals surface area contributed by atoms with Gasteiger partial charge in [0.15, 0.2) is 0 Å². The summed E-state index contributed by atoms with van der Waals surface area (Å²) < 4.78 is 6.46. The largest absolute Gasteiger partial charge is 0.359 e. The molecule has 1 aliphatic carbocycles. The Bertz CT molecular complexity index is 1330. The second-order valence-electron chi connectivity index (χ2n) is 10.8. The molecule has 9 heteroatoms. The predicted molar refractivity (Wildman–Crippen MR) is 151 cm³/mol. The minimum atomic E-state index is -1.20. The number of hydrogen-bond donors (Lipinski definition) is 2. The summed E-state index contributed by atoms with van der Waals surface area (Å²) in [5, 5.41) is 6.74. The fourth-order valence-corrected chi connectivity index (χ4v) is 7.36. The first kappa shape index (κ1) is 26.4. The Morgan fingerprint density at radius 2 is 1.90 bits per heavy atom. The van der Waals surface area contributed by atoms with Crippen molar-refractivity contribution in [1.29, 1.82) is 0 Å². The number of thioether (sulfide) groups is 1. The molecule has 2 bridgehead atoms. The number of nitrogens with one attached hydrogen (secondary N) is 2. The monoisotopic (exact) mass is 565 g/mol. The van der Waals surface area contributed by atoms with E-state index in [0.717, 1.165) is 36.1 Å². The van der Waals surface area contributed by atoms with E-state index >= 15 is 0 Å². The molecule has 3 fully saturated rings. The van der Waals surface area contributed by atoms with Crippen molar-refractivity contribution in [2.24, 2.45) is 11.8 Å². The first-order valence-electron chi connectivity index (χ1n) is 13.6. The van der Waals surface area contributed by atoms with Gasteiger partial charge in [-0.1, -0.05) is 67.3 Å². The van der Waals surface area contributed by atoms with Crippen LogP contribution in [0.4, 0.5) is 5.69 Å². The molecule has 1 saturated carbocycles. The number of ether oxygens (including phenoxy) is 1. The van der Waals surface area contributed by atoms with Crippen LogP contribution in [-0.4, -0.2) is 52.7 Å². The van der Waals surface area contributed by atoms with Gasteiger partial charge >= 0.3 is 0 Å². The van der Waals surface area contributed by atoms with Crippen LogP contribution in [0.15, 0.2) is 65.6 Å². The van der Waals surface area contributed by atoms with Crippen LogP contribution in [-0.2, 0) is 25.7 Å². The van der Waals surface area contributed by atoms with E-state index in [0.29, 0.717) is 10.7 Å². The summed E-state index contributed by atoms with van der Waals surface area (Å²) in [6, 6.07) is 14.1. The molecule has 2 aromatic rings. The van der Waals surface area contributed by atoms with E-state index < -0.39 is 29.6 Å². The molecule has 0 aromatic heterocycles. The van der Waals surface area contributed by atoms with E-state index in [1.54, 1.807) is 22.7 Å². The molecule has 0 unspecified atom stereocenters. The average molecular weight is 566 g/mol. The third kappa shape index (κ3) is 4.66. The van der Waals surface area contributed by atoms with E-state index in [2.05, 4.69) is 10.6 Å². The van der Waals surface area contributed by atoms with Crippen molar-refractivity contribution in [3.63, 3.8) is 0 Å². The lowest BCUT2D eigenvalue weighted by Crippen LogP contribution is -2.56. The van der Waals surface area contributed by atoms with Gasteiger partial charge in [-0.05, 0) is 48.9 Å². The van der Waals surface area contributed by atoms with Crippen LogP contribution < -0.4 is 10.6 Å². The summed E-state index contributed by atoms with van der Waals surface area (Å²) in [5.41, 5.74) is 0.204. The standard InChI is InChI=1S/C30H32ClN3O4S/c1-39-21-12-7-11-20(16-21)33-27(35)24-23-14-15-30(38-23)25(24)29(37)34(17-18-8-5-6-13-22(18)31)26(30)28(36)32-19-9-3-2-4-10-19/h5-8,11-16,19,23-26H,2-4,9-10,17H2,1H3,(H,32,36)(H,33,35)/t23-,24-,25-,26-,30-/m1/s1. The van der Waals surface area contributed by atoms with Crippen LogP contribution in [0.25, 0.3) is 0 Å². The van der Waals surface area contributed by atoms with Crippen molar-refractivity contribution < 1.29 is 19.1 Å². The Hall–Kier alpha value is -2.81. The van der Waals surface area contributed by atoms with Crippen LogP contribution in [0.2, 0.25) is 5.02 Å². The molecule has 0 radical (unpaired) electrons.